The SMILES string of the molecule is Cn1nnc(CC(O)c2cc(I)ccc2Br)n1. The highest BCUT2D eigenvalue weighted by atomic mass is 127. The lowest BCUT2D eigenvalue weighted by Crippen LogP contribution is -2.05. The van der Waals surface area contributed by atoms with Crippen LogP contribution in [0.1, 0.15) is 17.5 Å². The van der Waals surface area contributed by atoms with Gasteiger partial charge in [-0.3, -0.25) is 0 Å². The molecule has 0 radical (unpaired) electrons. The van der Waals surface area contributed by atoms with Crippen LogP contribution in [0.4, 0.5) is 0 Å². The molecule has 0 bridgehead atoms. The highest BCUT2D eigenvalue weighted by Crippen LogP contribution is 2.27. The van der Waals surface area contributed by atoms with Gasteiger partial charge in [0.1, 0.15) is 0 Å². The number of hydrogen-bond acceptors (Lipinski definition) is 4. The number of aliphatic hydroxyl groups is 1. The fraction of sp³-hybridized carbons (Fsp3) is 0.300. The number of aryl methyl sites for hydroxylation is 1. The fourth-order valence-corrected chi connectivity index (χ4v) is 2.48. The molecule has 0 saturated carbocycles. The number of benzene rings is 1. The summed E-state index contributed by atoms with van der Waals surface area (Å²) in [5, 5.41) is 21.8. The Morgan fingerprint density at radius 1 is 1.53 bits per heavy atom. The predicted octanol–water partition coefficient (Wildman–Crippen LogP) is 1.85. The summed E-state index contributed by atoms with van der Waals surface area (Å²) >= 11 is 5.64. The lowest BCUT2D eigenvalue weighted by atomic mass is 10.1. The maximum Gasteiger partial charge on any atom is 0.177 e. The second kappa shape index (κ2) is 5.40. The zero-order valence-electron chi connectivity index (χ0n) is 9.01. The molecule has 2 aromatic rings. The number of aromatic nitrogens is 4. The predicted molar refractivity (Wildman–Crippen MR) is 74.3 cm³/mol. The molecule has 1 aromatic carbocycles. The molecule has 0 spiro atoms. The molecule has 1 N–H and O–H groups in total. The molecule has 0 aliphatic carbocycles. The molecule has 0 fully saturated rings. The molecule has 1 aromatic heterocycles. The molecule has 1 heterocycles. The highest BCUT2D eigenvalue weighted by Gasteiger charge is 2.15. The van der Waals surface area contributed by atoms with Gasteiger partial charge >= 0.3 is 0 Å². The van der Waals surface area contributed by atoms with Crippen molar-refractivity contribution in [2.75, 3.05) is 0 Å². The summed E-state index contributed by atoms with van der Waals surface area (Å²) in [5.41, 5.74) is 0.837. The molecule has 0 saturated heterocycles. The van der Waals surface area contributed by atoms with E-state index in [1.807, 2.05) is 18.2 Å². The summed E-state index contributed by atoms with van der Waals surface area (Å²) < 4.78 is 1.96. The number of aliphatic hydroxyl groups excluding tert-OH is 1. The van der Waals surface area contributed by atoms with Crippen molar-refractivity contribution in [3.8, 4) is 0 Å². The van der Waals surface area contributed by atoms with Gasteiger partial charge in [0.25, 0.3) is 0 Å². The molecule has 0 aliphatic heterocycles. The van der Waals surface area contributed by atoms with Gasteiger partial charge in [-0.1, -0.05) is 15.9 Å². The second-order valence-electron chi connectivity index (χ2n) is 3.58. The standard InChI is InChI=1S/C10H10BrIN4O/c1-16-14-10(13-15-16)5-9(17)7-4-6(12)2-3-8(7)11/h2-4,9,17H,5H2,1H3. The van der Waals surface area contributed by atoms with E-state index in [0.29, 0.717) is 12.2 Å². The summed E-state index contributed by atoms with van der Waals surface area (Å²) in [6.07, 6.45) is -0.282. The summed E-state index contributed by atoms with van der Waals surface area (Å²) in [6, 6.07) is 5.83. The van der Waals surface area contributed by atoms with Gasteiger partial charge in [-0.2, -0.15) is 4.80 Å². The summed E-state index contributed by atoms with van der Waals surface area (Å²) in [4.78, 5) is 1.38. The molecule has 90 valence electrons. The largest absolute Gasteiger partial charge is 0.388 e. The van der Waals surface area contributed by atoms with Crippen LogP contribution in [0.15, 0.2) is 22.7 Å². The van der Waals surface area contributed by atoms with Crippen LogP contribution in [-0.2, 0) is 13.5 Å². The number of tetrazole rings is 1. The van der Waals surface area contributed by atoms with Gasteiger partial charge < -0.3 is 5.11 Å². The third-order valence-electron chi connectivity index (χ3n) is 2.24. The lowest BCUT2D eigenvalue weighted by Gasteiger charge is -2.11. The molecular weight excluding hydrogens is 399 g/mol. The minimum atomic E-state index is -0.636. The van der Waals surface area contributed by atoms with Gasteiger partial charge in [-0.05, 0) is 51.6 Å². The van der Waals surface area contributed by atoms with Crippen LogP contribution in [-0.4, -0.2) is 25.3 Å². The molecule has 0 amide bonds. The Hall–Kier alpha value is -0.540. The Bertz CT molecular complexity index is 531. The van der Waals surface area contributed by atoms with Crippen molar-refractivity contribution < 1.29 is 5.11 Å². The third-order valence-corrected chi connectivity index (χ3v) is 3.64. The smallest absolute Gasteiger partial charge is 0.177 e. The summed E-state index contributed by atoms with van der Waals surface area (Å²) in [5.74, 6) is 0.533. The minimum Gasteiger partial charge on any atom is -0.388 e. The zero-order valence-corrected chi connectivity index (χ0v) is 12.8. The van der Waals surface area contributed by atoms with Crippen molar-refractivity contribution in [3.63, 3.8) is 0 Å². The van der Waals surface area contributed by atoms with E-state index in [-0.39, 0.29) is 0 Å². The third kappa shape index (κ3) is 3.23. The zero-order chi connectivity index (χ0) is 12.4. The van der Waals surface area contributed by atoms with E-state index in [4.69, 9.17) is 0 Å². The molecule has 0 aliphatic rings. The number of rotatable bonds is 3. The molecule has 2 rings (SSSR count). The first-order chi connectivity index (χ1) is 8.06. The van der Waals surface area contributed by atoms with Crippen LogP contribution in [0.2, 0.25) is 0 Å². The quantitative estimate of drug-likeness (QED) is 0.787. The molecule has 7 heteroatoms. The fourth-order valence-electron chi connectivity index (χ4n) is 1.46. The van der Waals surface area contributed by atoms with Crippen molar-refractivity contribution in [3.05, 3.63) is 37.6 Å². The molecule has 5 nitrogen and oxygen atoms in total. The van der Waals surface area contributed by atoms with Crippen molar-refractivity contribution >= 4 is 38.5 Å². The Morgan fingerprint density at radius 3 is 2.94 bits per heavy atom. The first-order valence-corrected chi connectivity index (χ1v) is 6.79. The first kappa shape index (κ1) is 12.9. The minimum absolute atomic E-state index is 0.354. The van der Waals surface area contributed by atoms with Crippen LogP contribution >= 0.6 is 38.5 Å². The Balaban J connectivity index is 2.19. The molecule has 17 heavy (non-hydrogen) atoms. The van der Waals surface area contributed by atoms with E-state index in [9.17, 15) is 5.11 Å². The number of hydrogen-bond donors (Lipinski definition) is 1. The van der Waals surface area contributed by atoms with Crippen molar-refractivity contribution in [1.29, 1.82) is 0 Å². The van der Waals surface area contributed by atoms with Crippen LogP contribution in [0.25, 0.3) is 0 Å². The van der Waals surface area contributed by atoms with Crippen LogP contribution < -0.4 is 0 Å². The number of nitrogens with zero attached hydrogens (tertiary/aromatic N) is 4. The first-order valence-electron chi connectivity index (χ1n) is 4.92. The van der Waals surface area contributed by atoms with Gasteiger partial charge in [0.15, 0.2) is 5.82 Å². The van der Waals surface area contributed by atoms with E-state index in [2.05, 4.69) is 53.9 Å². The van der Waals surface area contributed by atoms with Gasteiger partial charge in [-0.25, -0.2) is 0 Å². The van der Waals surface area contributed by atoms with E-state index >= 15 is 0 Å². The lowest BCUT2D eigenvalue weighted by molar-refractivity contribution is 0.175. The van der Waals surface area contributed by atoms with E-state index in [1.54, 1.807) is 7.05 Å². The summed E-state index contributed by atoms with van der Waals surface area (Å²) in [6.45, 7) is 0. The number of halogens is 2. The Morgan fingerprint density at radius 2 is 2.29 bits per heavy atom. The molecule has 1 atom stereocenters. The van der Waals surface area contributed by atoms with Crippen molar-refractivity contribution in [1.82, 2.24) is 20.2 Å². The van der Waals surface area contributed by atoms with Gasteiger partial charge in [0.2, 0.25) is 0 Å². The Labute approximate surface area is 120 Å². The average Bonchev–Trinajstić information content (AvgIpc) is 2.67. The molecule has 1 unspecified atom stereocenters. The molecular formula is C10H10BrIN4O. The maximum absolute atomic E-state index is 10.1. The van der Waals surface area contributed by atoms with E-state index in [0.717, 1.165) is 13.6 Å². The average molecular weight is 409 g/mol. The van der Waals surface area contributed by atoms with Crippen LogP contribution in [0.5, 0.6) is 0 Å². The van der Waals surface area contributed by atoms with Crippen LogP contribution in [0, 0.1) is 3.57 Å². The van der Waals surface area contributed by atoms with E-state index < -0.39 is 6.10 Å². The normalized spacial score (nSPS) is 12.7. The topological polar surface area (TPSA) is 63.8 Å². The Kier molecular flexibility index (Phi) is 4.10. The highest BCUT2D eigenvalue weighted by molar-refractivity contribution is 14.1. The second-order valence-corrected chi connectivity index (χ2v) is 5.68. The van der Waals surface area contributed by atoms with Crippen LogP contribution in [0.3, 0.4) is 0 Å². The van der Waals surface area contributed by atoms with Gasteiger partial charge in [0.05, 0.1) is 13.2 Å². The van der Waals surface area contributed by atoms with Gasteiger partial charge in [0, 0.05) is 14.5 Å². The van der Waals surface area contributed by atoms with Gasteiger partial charge in [-0.15, -0.1) is 10.2 Å². The summed E-state index contributed by atoms with van der Waals surface area (Å²) in [7, 11) is 1.70. The van der Waals surface area contributed by atoms with Crippen molar-refractivity contribution in [2.24, 2.45) is 7.05 Å². The monoisotopic (exact) mass is 408 g/mol. The van der Waals surface area contributed by atoms with Crippen molar-refractivity contribution in [2.45, 2.75) is 12.5 Å². The maximum atomic E-state index is 10.1. The van der Waals surface area contributed by atoms with E-state index in [1.165, 1.54) is 4.80 Å².